The SMILES string of the molecule is CC(C)N=C(Nc1nc2ccc(OC(F)(F)F)cc2s1)c1c(F)cccc1F. The average molecular weight is 415 g/mol. The summed E-state index contributed by atoms with van der Waals surface area (Å²) >= 11 is 1.00. The summed E-state index contributed by atoms with van der Waals surface area (Å²) in [4.78, 5) is 8.45. The van der Waals surface area contributed by atoms with Crippen LogP contribution in [0, 0.1) is 11.6 Å². The molecule has 0 aliphatic heterocycles. The number of hydrogen-bond acceptors (Lipinski definition) is 4. The highest BCUT2D eigenvalue weighted by molar-refractivity contribution is 7.22. The average Bonchev–Trinajstić information content (AvgIpc) is 2.94. The van der Waals surface area contributed by atoms with Crippen molar-refractivity contribution < 1.29 is 26.7 Å². The molecule has 0 radical (unpaired) electrons. The van der Waals surface area contributed by atoms with Crippen molar-refractivity contribution >= 4 is 32.5 Å². The van der Waals surface area contributed by atoms with Gasteiger partial charge >= 0.3 is 6.36 Å². The molecule has 0 aliphatic carbocycles. The largest absolute Gasteiger partial charge is 0.573 e. The van der Waals surface area contributed by atoms with E-state index >= 15 is 0 Å². The third-order valence-corrected chi connectivity index (χ3v) is 4.34. The van der Waals surface area contributed by atoms with Gasteiger partial charge in [0, 0.05) is 12.1 Å². The highest BCUT2D eigenvalue weighted by atomic mass is 32.1. The van der Waals surface area contributed by atoms with E-state index in [2.05, 4.69) is 20.0 Å². The van der Waals surface area contributed by atoms with Crippen LogP contribution in [0.4, 0.5) is 27.1 Å². The number of nitrogens with one attached hydrogen (secondary N) is 1. The molecule has 0 unspecified atom stereocenters. The van der Waals surface area contributed by atoms with Gasteiger partial charge in [0.25, 0.3) is 0 Å². The Hall–Kier alpha value is -2.75. The molecule has 1 heterocycles. The first-order valence-corrected chi connectivity index (χ1v) is 8.89. The van der Waals surface area contributed by atoms with Gasteiger partial charge in [0.1, 0.15) is 23.2 Å². The Morgan fingerprint density at radius 1 is 1.14 bits per heavy atom. The van der Waals surface area contributed by atoms with E-state index < -0.39 is 18.0 Å². The van der Waals surface area contributed by atoms with Gasteiger partial charge in [-0.3, -0.25) is 4.99 Å². The van der Waals surface area contributed by atoms with Gasteiger partial charge in [-0.2, -0.15) is 0 Å². The smallest absolute Gasteiger partial charge is 0.406 e. The van der Waals surface area contributed by atoms with E-state index in [1.807, 2.05) is 0 Å². The molecule has 0 amide bonds. The van der Waals surface area contributed by atoms with Crippen LogP contribution in [0.15, 0.2) is 41.4 Å². The van der Waals surface area contributed by atoms with Gasteiger partial charge in [0.15, 0.2) is 5.13 Å². The number of nitrogens with zero attached hydrogens (tertiary/aromatic N) is 2. The van der Waals surface area contributed by atoms with Crippen LogP contribution in [0.25, 0.3) is 10.2 Å². The maximum Gasteiger partial charge on any atom is 0.573 e. The molecule has 0 saturated heterocycles. The van der Waals surface area contributed by atoms with E-state index in [-0.39, 0.29) is 28.3 Å². The molecule has 0 bridgehead atoms. The Morgan fingerprint density at radius 3 is 2.43 bits per heavy atom. The molecule has 28 heavy (non-hydrogen) atoms. The number of aromatic nitrogens is 1. The minimum atomic E-state index is -4.81. The van der Waals surface area contributed by atoms with Crippen LogP contribution in [0.3, 0.4) is 0 Å². The fourth-order valence-electron chi connectivity index (χ4n) is 2.40. The number of anilines is 1. The maximum absolute atomic E-state index is 14.2. The fourth-order valence-corrected chi connectivity index (χ4v) is 3.29. The van der Waals surface area contributed by atoms with Crippen molar-refractivity contribution in [2.45, 2.75) is 26.3 Å². The Morgan fingerprint density at radius 2 is 1.82 bits per heavy atom. The molecule has 2 aromatic carbocycles. The molecule has 1 N–H and O–H groups in total. The summed E-state index contributed by atoms with van der Waals surface area (Å²) in [6.45, 7) is 3.47. The lowest BCUT2D eigenvalue weighted by Gasteiger charge is -2.11. The zero-order chi connectivity index (χ0) is 20.5. The first-order valence-electron chi connectivity index (χ1n) is 8.08. The van der Waals surface area contributed by atoms with E-state index in [1.54, 1.807) is 13.8 Å². The number of benzene rings is 2. The molecule has 1 aromatic heterocycles. The number of thiazole rings is 1. The molecular weight excluding hydrogens is 401 g/mol. The zero-order valence-electron chi connectivity index (χ0n) is 14.6. The van der Waals surface area contributed by atoms with Gasteiger partial charge in [-0.15, -0.1) is 13.2 Å². The Kier molecular flexibility index (Phi) is 5.50. The maximum atomic E-state index is 14.2. The molecule has 4 nitrogen and oxygen atoms in total. The zero-order valence-corrected chi connectivity index (χ0v) is 15.5. The number of fused-ring (bicyclic) bond motifs is 1. The van der Waals surface area contributed by atoms with E-state index in [0.29, 0.717) is 10.2 Å². The van der Waals surface area contributed by atoms with Gasteiger partial charge in [-0.1, -0.05) is 17.4 Å². The lowest BCUT2D eigenvalue weighted by molar-refractivity contribution is -0.274. The first kappa shape index (κ1) is 20.0. The van der Waals surface area contributed by atoms with Crippen LogP contribution in [0.5, 0.6) is 5.75 Å². The minimum absolute atomic E-state index is 0.0589. The van der Waals surface area contributed by atoms with Crippen molar-refractivity contribution in [2.75, 3.05) is 5.32 Å². The molecule has 0 spiro atoms. The molecule has 0 saturated carbocycles. The number of halogens is 5. The van der Waals surface area contributed by atoms with Crippen molar-refractivity contribution in [3.8, 4) is 5.75 Å². The molecule has 0 atom stereocenters. The highest BCUT2D eigenvalue weighted by Crippen LogP contribution is 2.32. The minimum Gasteiger partial charge on any atom is -0.406 e. The van der Waals surface area contributed by atoms with Crippen LogP contribution >= 0.6 is 11.3 Å². The second-order valence-electron chi connectivity index (χ2n) is 5.99. The molecule has 0 aliphatic rings. The van der Waals surface area contributed by atoms with Crippen LogP contribution in [0.2, 0.25) is 0 Å². The van der Waals surface area contributed by atoms with Gasteiger partial charge in [-0.25, -0.2) is 13.8 Å². The molecule has 3 rings (SSSR count). The molecule has 0 fully saturated rings. The van der Waals surface area contributed by atoms with Crippen molar-refractivity contribution in [3.05, 3.63) is 53.6 Å². The number of hydrogen-bond donors (Lipinski definition) is 1. The van der Waals surface area contributed by atoms with E-state index in [1.165, 1.54) is 18.2 Å². The molecule has 3 aromatic rings. The van der Waals surface area contributed by atoms with E-state index in [9.17, 15) is 22.0 Å². The van der Waals surface area contributed by atoms with Gasteiger partial charge in [-0.05, 0) is 38.1 Å². The second-order valence-corrected chi connectivity index (χ2v) is 7.02. The highest BCUT2D eigenvalue weighted by Gasteiger charge is 2.31. The standard InChI is InChI=1S/C18H14F5N3OS/c1-9(2)24-16(15-11(19)4-3-5-12(15)20)26-17-25-13-7-6-10(8-14(13)28-17)27-18(21,22)23/h3-9H,1-2H3,(H,24,25,26). The second kappa shape index (κ2) is 7.70. The summed E-state index contributed by atoms with van der Waals surface area (Å²) in [7, 11) is 0. The molecule has 148 valence electrons. The summed E-state index contributed by atoms with van der Waals surface area (Å²) in [6, 6.07) is 6.86. The lowest BCUT2D eigenvalue weighted by Crippen LogP contribution is -2.19. The number of rotatable bonds is 4. The van der Waals surface area contributed by atoms with Gasteiger partial charge in [0.2, 0.25) is 0 Å². The quantitative estimate of drug-likeness (QED) is 0.336. The summed E-state index contributed by atoms with van der Waals surface area (Å²) in [6.07, 6.45) is -4.81. The van der Waals surface area contributed by atoms with Crippen LogP contribution in [0.1, 0.15) is 19.4 Å². The number of alkyl halides is 3. The van der Waals surface area contributed by atoms with E-state index in [4.69, 9.17) is 0 Å². The number of aliphatic imine (C=N–C) groups is 1. The number of ether oxygens (including phenoxy) is 1. The lowest BCUT2D eigenvalue weighted by atomic mass is 10.1. The number of amidine groups is 1. The van der Waals surface area contributed by atoms with Crippen LogP contribution in [-0.2, 0) is 0 Å². The third kappa shape index (κ3) is 4.75. The van der Waals surface area contributed by atoms with Crippen molar-refractivity contribution in [3.63, 3.8) is 0 Å². The van der Waals surface area contributed by atoms with Crippen LogP contribution < -0.4 is 10.1 Å². The van der Waals surface area contributed by atoms with Crippen molar-refractivity contribution in [1.82, 2.24) is 4.98 Å². The van der Waals surface area contributed by atoms with Gasteiger partial charge < -0.3 is 10.1 Å². The fraction of sp³-hybridized carbons (Fsp3) is 0.222. The van der Waals surface area contributed by atoms with Crippen LogP contribution in [-0.4, -0.2) is 23.2 Å². The van der Waals surface area contributed by atoms with Crippen molar-refractivity contribution in [2.24, 2.45) is 4.99 Å². The monoisotopic (exact) mass is 415 g/mol. The molecule has 10 heteroatoms. The Balaban J connectivity index is 1.96. The van der Waals surface area contributed by atoms with E-state index in [0.717, 1.165) is 29.5 Å². The summed E-state index contributed by atoms with van der Waals surface area (Å²) in [5, 5.41) is 3.00. The summed E-state index contributed by atoms with van der Waals surface area (Å²) in [5.74, 6) is -2.04. The Labute approximate surface area is 160 Å². The topological polar surface area (TPSA) is 46.5 Å². The van der Waals surface area contributed by atoms with Crippen molar-refractivity contribution in [1.29, 1.82) is 0 Å². The predicted octanol–water partition coefficient (Wildman–Crippen LogP) is 5.74. The summed E-state index contributed by atoms with van der Waals surface area (Å²) < 4.78 is 69.7. The Bertz CT molecular complexity index is 1010. The summed E-state index contributed by atoms with van der Waals surface area (Å²) in [5.41, 5.74) is 0.0662. The first-order chi connectivity index (χ1) is 13.1. The molecular formula is C18H14F5N3OS. The van der Waals surface area contributed by atoms with Gasteiger partial charge in [0.05, 0.1) is 15.8 Å². The predicted molar refractivity (Wildman–Crippen MR) is 98.0 cm³/mol. The normalized spacial score (nSPS) is 12.6. The third-order valence-electron chi connectivity index (χ3n) is 3.41.